The van der Waals surface area contributed by atoms with Crippen molar-refractivity contribution < 1.29 is 22.7 Å². The van der Waals surface area contributed by atoms with E-state index in [-0.39, 0.29) is 34.2 Å². The molecule has 0 aromatic heterocycles. The SMILES string of the molecule is COc1ccc(N(CC(=O)NCCOc2ccc(C(C)(C)C)cc2)S(=O)(=O)c2ccccc2)cc1Cl. The van der Waals surface area contributed by atoms with Crippen LogP contribution in [0, 0.1) is 0 Å². The number of nitrogens with zero attached hydrogens (tertiary/aromatic N) is 1. The second kappa shape index (κ2) is 11.7. The van der Waals surface area contributed by atoms with Crippen molar-refractivity contribution in [3.05, 3.63) is 83.4 Å². The highest BCUT2D eigenvalue weighted by atomic mass is 35.5. The van der Waals surface area contributed by atoms with Gasteiger partial charge in [0, 0.05) is 0 Å². The normalized spacial score (nSPS) is 11.6. The minimum atomic E-state index is -4.03. The summed E-state index contributed by atoms with van der Waals surface area (Å²) in [4.78, 5) is 12.8. The molecule has 0 spiro atoms. The number of nitrogens with one attached hydrogen (secondary N) is 1. The number of amides is 1. The van der Waals surface area contributed by atoms with E-state index in [1.54, 1.807) is 30.3 Å². The summed E-state index contributed by atoms with van der Waals surface area (Å²) in [6, 6.07) is 20.3. The lowest BCUT2D eigenvalue weighted by Crippen LogP contribution is -2.41. The Morgan fingerprint density at radius 1 is 1.00 bits per heavy atom. The van der Waals surface area contributed by atoms with E-state index in [1.165, 1.54) is 30.9 Å². The van der Waals surface area contributed by atoms with Crippen molar-refractivity contribution in [3.8, 4) is 11.5 Å². The number of methoxy groups -OCH3 is 1. The molecule has 0 saturated carbocycles. The van der Waals surface area contributed by atoms with Crippen LogP contribution in [0.25, 0.3) is 0 Å². The number of sulfonamides is 1. The molecular formula is C27H31ClN2O5S. The van der Waals surface area contributed by atoms with Crippen LogP contribution < -0.4 is 19.1 Å². The van der Waals surface area contributed by atoms with Gasteiger partial charge in [0.15, 0.2) is 0 Å². The first-order valence-corrected chi connectivity index (χ1v) is 13.3. The molecule has 0 bridgehead atoms. The van der Waals surface area contributed by atoms with E-state index in [2.05, 4.69) is 26.1 Å². The van der Waals surface area contributed by atoms with Gasteiger partial charge in [-0.15, -0.1) is 0 Å². The number of anilines is 1. The maximum atomic E-state index is 13.4. The summed E-state index contributed by atoms with van der Waals surface area (Å²) in [6.07, 6.45) is 0. The van der Waals surface area contributed by atoms with E-state index in [0.29, 0.717) is 11.5 Å². The van der Waals surface area contributed by atoms with E-state index in [0.717, 1.165) is 4.31 Å². The third kappa shape index (κ3) is 6.92. The van der Waals surface area contributed by atoms with Crippen LogP contribution >= 0.6 is 11.6 Å². The molecule has 0 radical (unpaired) electrons. The van der Waals surface area contributed by atoms with Gasteiger partial charge in [-0.25, -0.2) is 8.42 Å². The van der Waals surface area contributed by atoms with Crippen LogP contribution in [0.5, 0.6) is 11.5 Å². The summed E-state index contributed by atoms with van der Waals surface area (Å²) in [5.74, 6) is 0.612. The third-order valence-corrected chi connectivity index (χ3v) is 7.54. The largest absolute Gasteiger partial charge is 0.495 e. The Labute approximate surface area is 218 Å². The number of ether oxygens (including phenoxy) is 2. The summed E-state index contributed by atoms with van der Waals surface area (Å²) >= 11 is 6.24. The fraction of sp³-hybridized carbons (Fsp3) is 0.296. The monoisotopic (exact) mass is 530 g/mol. The Morgan fingerprint density at radius 2 is 1.67 bits per heavy atom. The van der Waals surface area contributed by atoms with Crippen molar-refractivity contribution in [1.82, 2.24) is 5.32 Å². The fourth-order valence-electron chi connectivity index (χ4n) is 3.44. The molecule has 192 valence electrons. The van der Waals surface area contributed by atoms with Gasteiger partial charge in [-0.2, -0.15) is 0 Å². The highest BCUT2D eigenvalue weighted by Gasteiger charge is 2.27. The average molecular weight is 531 g/mol. The van der Waals surface area contributed by atoms with E-state index in [9.17, 15) is 13.2 Å². The molecule has 3 aromatic rings. The van der Waals surface area contributed by atoms with Crippen molar-refractivity contribution in [2.75, 3.05) is 31.1 Å². The highest BCUT2D eigenvalue weighted by Crippen LogP contribution is 2.32. The summed E-state index contributed by atoms with van der Waals surface area (Å²) < 4.78 is 38.7. The zero-order chi connectivity index (χ0) is 26.3. The van der Waals surface area contributed by atoms with Gasteiger partial charge in [0.1, 0.15) is 24.7 Å². The third-order valence-electron chi connectivity index (χ3n) is 5.46. The second-order valence-electron chi connectivity index (χ2n) is 9.12. The van der Waals surface area contributed by atoms with Crippen molar-refractivity contribution in [3.63, 3.8) is 0 Å². The van der Waals surface area contributed by atoms with Gasteiger partial charge in [-0.3, -0.25) is 9.10 Å². The molecular weight excluding hydrogens is 500 g/mol. The van der Waals surface area contributed by atoms with Gasteiger partial charge in [-0.05, 0) is 53.4 Å². The lowest BCUT2D eigenvalue weighted by Gasteiger charge is -2.24. The maximum absolute atomic E-state index is 13.4. The summed E-state index contributed by atoms with van der Waals surface area (Å²) in [5.41, 5.74) is 1.49. The average Bonchev–Trinajstić information content (AvgIpc) is 2.85. The molecule has 1 N–H and O–H groups in total. The Kier molecular flexibility index (Phi) is 8.87. The van der Waals surface area contributed by atoms with Gasteiger partial charge in [-0.1, -0.05) is 62.7 Å². The molecule has 3 rings (SSSR count). The number of hydrogen-bond acceptors (Lipinski definition) is 5. The molecule has 0 fully saturated rings. The first-order valence-electron chi connectivity index (χ1n) is 11.4. The number of halogens is 1. The van der Waals surface area contributed by atoms with Crippen LogP contribution in [-0.2, 0) is 20.2 Å². The Hall–Kier alpha value is -3.23. The van der Waals surface area contributed by atoms with Gasteiger partial charge in [0.05, 0.1) is 29.3 Å². The molecule has 1 amide bonds. The molecule has 0 aliphatic carbocycles. The van der Waals surface area contributed by atoms with E-state index in [1.807, 2.05) is 24.3 Å². The molecule has 0 heterocycles. The minimum absolute atomic E-state index is 0.0482. The molecule has 0 aliphatic heterocycles. The number of carbonyl (C=O) groups excluding carboxylic acids is 1. The molecule has 0 atom stereocenters. The van der Waals surface area contributed by atoms with Crippen molar-refractivity contribution in [2.45, 2.75) is 31.1 Å². The van der Waals surface area contributed by atoms with Crippen molar-refractivity contribution >= 4 is 33.2 Å². The zero-order valence-corrected chi connectivity index (χ0v) is 22.4. The second-order valence-corrected chi connectivity index (χ2v) is 11.4. The Bertz CT molecular complexity index is 1270. The quantitative estimate of drug-likeness (QED) is 0.371. The molecule has 9 heteroatoms. The molecule has 7 nitrogen and oxygen atoms in total. The Morgan fingerprint density at radius 3 is 2.25 bits per heavy atom. The zero-order valence-electron chi connectivity index (χ0n) is 20.8. The highest BCUT2D eigenvalue weighted by molar-refractivity contribution is 7.92. The fourth-order valence-corrected chi connectivity index (χ4v) is 5.13. The summed E-state index contributed by atoms with van der Waals surface area (Å²) in [7, 11) is -2.57. The van der Waals surface area contributed by atoms with E-state index >= 15 is 0 Å². The van der Waals surface area contributed by atoms with Crippen LogP contribution in [0.15, 0.2) is 77.7 Å². The first-order chi connectivity index (χ1) is 17.0. The van der Waals surface area contributed by atoms with Crippen molar-refractivity contribution in [2.24, 2.45) is 0 Å². The first kappa shape index (κ1) is 27.4. The van der Waals surface area contributed by atoms with Crippen LogP contribution in [0.4, 0.5) is 5.69 Å². The van der Waals surface area contributed by atoms with Gasteiger partial charge in [0.25, 0.3) is 10.0 Å². The van der Waals surface area contributed by atoms with Gasteiger partial charge < -0.3 is 14.8 Å². The topological polar surface area (TPSA) is 84.9 Å². The number of rotatable bonds is 10. The Balaban J connectivity index is 1.68. The summed E-state index contributed by atoms with van der Waals surface area (Å²) in [6.45, 7) is 6.43. The summed E-state index contributed by atoms with van der Waals surface area (Å²) in [5, 5.41) is 2.95. The van der Waals surface area contributed by atoms with E-state index in [4.69, 9.17) is 21.1 Å². The lowest BCUT2D eigenvalue weighted by molar-refractivity contribution is -0.119. The number of benzene rings is 3. The van der Waals surface area contributed by atoms with Crippen molar-refractivity contribution in [1.29, 1.82) is 0 Å². The molecule has 36 heavy (non-hydrogen) atoms. The molecule has 0 saturated heterocycles. The van der Waals surface area contributed by atoms with Crippen LogP contribution in [0.1, 0.15) is 26.3 Å². The smallest absolute Gasteiger partial charge is 0.264 e. The maximum Gasteiger partial charge on any atom is 0.264 e. The van der Waals surface area contributed by atoms with Crippen LogP contribution in [-0.4, -0.2) is 41.1 Å². The molecule has 0 aliphatic rings. The predicted molar refractivity (Wildman–Crippen MR) is 143 cm³/mol. The minimum Gasteiger partial charge on any atom is -0.495 e. The molecule has 0 unspecified atom stereocenters. The lowest BCUT2D eigenvalue weighted by atomic mass is 9.87. The van der Waals surface area contributed by atoms with Gasteiger partial charge in [0.2, 0.25) is 5.91 Å². The predicted octanol–water partition coefficient (Wildman–Crippen LogP) is 5.04. The number of hydrogen-bond donors (Lipinski definition) is 1. The van der Waals surface area contributed by atoms with Gasteiger partial charge >= 0.3 is 0 Å². The van der Waals surface area contributed by atoms with Crippen LogP contribution in [0.3, 0.4) is 0 Å². The molecule has 3 aromatic carbocycles. The number of carbonyl (C=O) groups is 1. The van der Waals surface area contributed by atoms with Crippen LogP contribution in [0.2, 0.25) is 5.02 Å². The van der Waals surface area contributed by atoms with E-state index < -0.39 is 22.5 Å². The standard InChI is InChI=1S/C27H31ClN2O5S/c1-27(2,3)20-10-13-22(14-11-20)35-17-16-29-26(31)19-30(21-12-15-25(34-4)24(28)18-21)36(32,33)23-8-6-5-7-9-23/h5-15,18H,16-17,19H2,1-4H3,(H,29,31).